The van der Waals surface area contributed by atoms with Crippen molar-refractivity contribution in [3.8, 4) is 6.07 Å². The number of Topliss-reactive ketones (excluding diaryl/α,β-unsaturated/α-hetero) is 1. The SMILES string of the molecule is N#Cc1cnc(C(=O)Cc2ccc(C3(CO)CCOCC3)cc2C2=CCCCC2)[nH]1. The van der Waals surface area contributed by atoms with Gasteiger partial charge in [-0.25, -0.2) is 4.98 Å². The molecule has 0 bridgehead atoms. The van der Waals surface area contributed by atoms with Crippen LogP contribution in [0, 0.1) is 11.3 Å². The van der Waals surface area contributed by atoms with Crippen molar-refractivity contribution in [2.75, 3.05) is 19.8 Å². The number of aliphatic hydroxyl groups excluding tert-OH is 1. The second-order valence-corrected chi connectivity index (χ2v) is 8.26. The number of H-pyrrole nitrogens is 1. The van der Waals surface area contributed by atoms with Gasteiger partial charge in [-0.2, -0.15) is 5.26 Å². The summed E-state index contributed by atoms with van der Waals surface area (Å²) < 4.78 is 5.53. The van der Waals surface area contributed by atoms with Crippen molar-refractivity contribution in [2.24, 2.45) is 0 Å². The molecule has 0 atom stereocenters. The summed E-state index contributed by atoms with van der Waals surface area (Å²) in [6.07, 6.45) is 9.87. The molecular formula is C24H27N3O3. The van der Waals surface area contributed by atoms with Crippen molar-refractivity contribution in [1.29, 1.82) is 5.26 Å². The maximum absolute atomic E-state index is 12.8. The zero-order valence-electron chi connectivity index (χ0n) is 17.1. The number of nitrogens with one attached hydrogen (secondary N) is 1. The molecule has 6 nitrogen and oxygen atoms in total. The van der Waals surface area contributed by atoms with Crippen molar-refractivity contribution in [1.82, 2.24) is 9.97 Å². The van der Waals surface area contributed by atoms with Gasteiger partial charge in [0, 0.05) is 25.0 Å². The Morgan fingerprint density at radius 2 is 2.13 bits per heavy atom. The van der Waals surface area contributed by atoms with Crippen LogP contribution in [0.5, 0.6) is 0 Å². The summed E-state index contributed by atoms with van der Waals surface area (Å²) >= 11 is 0. The molecule has 6 heteroatoms. The Balaban J connectivity index is 1.70. The van der Waals surface area contributed by atoms with E-state index >= 15 is 0 Å². The fourth-order valence-corrected chi connectivity index (χ4v) is 4.52. The third-order valence-corrected chi connectivity index (χ3v) is 6.42. The largest absolute Gasteiger partial charge is 0.395 e. The molecular weight excluding hydrogens is 378 g/mol. The molecule has 1 fully saturated rings. The monoisotopic (exact) mass is 405 g/mol. The van der Waals surface area contributed by atoms with E-state index in [1.807, 2.05) is 12.1 Å². The van der Waals surface area contributed by atoms with Crippen molar-refractivity contribution < 1.29 is 14.6 Å². The van der Waals surface area contributed by atoms with Crippen LogP contribution in [0.15, 0.2) is 30.5 Å². The first-order chi connectivity index (χ1) is 14.6. The molecule has 0 spiro atoms. The zero-order valence-corrected chi connectivity index (χ0v) is 17.1. The standard InChI is InChI=1S/C24H27N3O3/c25-14-20-15-26-23(27-20)22(29)12-18-6-7-19(24(16-28)8-10-30-11-9-24)13-21(18)17-4-2-1-3-5-17/h4,6-7,13,15,28H,1-3,5,8-12,16H2,(H,26,27). The molecule has 0 unspecified atom stereocenters. The number of hydrogen-bond acceptors (Lipinski definition) is 5. The van der Waals surface area contributed by atoms with Gasteiger partial charge in [0.15, 0.2) is 5.82 Å². The minimum Gasteiger partial charge on any atom is -0.395 e. The lowest BCUT2D eigenvalue weighted by Crippen LogP contribution is -2.37. The molecule has 2 aromatic rings. The van der Waals surface area contributed by atoms with Crippen LogP contribution >= 0.6 is 0 Å². The van der Waals surface area contributed by atoms with E-state index in [2.05, 4.69) is 28.2 Å². The number of ketones is 1. The summed E-state index contributed by atoms with van der Waals surface area (Å²) in [6, 6.07) is 8.24. The van der Waals surface area contributed by atoms with Crippen LogP contribution in [0.3, 0.4) is 0 Å². The van der Waals surface area contributed by atoms with Crippen LogP contribution in [-0.4, -0.2) is 40.7 Å². The average Bonchev–Trinajstić information content (AvgIpc) is 3.30. The van der Waals surface area contributed by atoms with E-state index in [-0.39, 0.29) is 35.7 Å². The first kappa shape index (κ1) is 20.5. The highest BCUT2D eigenvalue weighted by molar-refractivity contribution is 5.95. The maximum Gasteiger partial charge on any atom is 0.202 e. The number of aliphatic hydroxyl groups is 1. The van der Waals surface area contributed by atoms with Crippen LogP contribution in [-0.2, 0) is 16.6 Å². The average molecular weight is 405 g/mol. The Kier molecular flexibility index (Phi) is 6.12. The van der Waals surface area contributed by atoms with E-state index in [1.165, 1.54) is 18.2 Å². The number of carbonyl (C=O) groups excluding carboxylic acids is 1. The van der Waals surface area contributed by atoms with Crippen LogP contribution < -0.4 is 0 Å². The normalized spacial score (nSPS) is 18.5. The van der Waals surface area contributed by atoms with Gasteiger partial charge in [0.25, 0.3) is 0 Å². The highest BCUT2D eigenvalue weighted by Gasteiger charge is 2.34. The number of allylic oxidation sites excluding steroid dienone is 2. The maximum atomic E-state index is 12.8. The molecule has 0 saturated carbocycles. The summed E-state index contributed by atoms with van der Waals surface area (Å²) in [5.74, 6) is 0.0836. The van der Waals surface area contributed by atoms with Gasteiger partial charge in [-0.15, -0.1) is 0 Å². The zero-order chi connectivity index (χ0) is 21.0. The smallest absolute Gasteiger partial charge is 0.202 e. The fourth-order valence-electron chi connectivity index (χ4n) is 4.52. The van der Waals surface area contributed by atoms with Gasteiger partial charge in [-0.3, -0.25) is 4.79 Å². The van der Waals surface area contributed by atoms with Crippen LogP contribution in [0.1, 0.15) is 71.5 Å². The highest BCUT2D eigenvalue weighted by atomic mass is 16.5. The van der Waals surface area contributed by atoms with Crippen LogP contribution in [0.25, 0.3) is 5.57 Å². The lowest BCUT2D eigenvalue weighted by atomic mass is 9.73. The Hall–Kier alpha value is -2.75. The second-order valence-electron chi connectivity index (χ2n) is 8.26. The number of carbonyl (C=O) groups is 1. The molecule has 30 heavy (non-hydrogen) atoms. The molecule has 2 heterocycles. The van der Waals surface area contributed by atoms with E-state index in [9.17, 15) is 9.90 Å². The van der Waals surface area contributed by atoms with Gasteiger partial charge in [-0.1, -0.05) is 24.3 Å². The third kappa shape index (κ3) is 4.09. The van der Waals surface area contributed by atoms with E-state index in [0.717, 1.165) is 48.8 Å². The minimum absolute atomic E-state index is 0.0937. The summed E-state index contributed by atoms with van der Waals surface area (Å²) in [5.41, 5.74) is 4.47. The second kappa shape index (κ2) is 8.95. The number of imidazole rings is 1. The number of nitriles is 1. The topological polar surface area (TPSA) is 99.0 Å². The summed E-state index contributed by atoms with van der Waals surface area (Å²) in [7, 11) is 0. The highest BCUT2D eigenvalue weighted by Crippen LogP contribution is 2.38. The Morgan fingerprint density at radius 1 is 1.30 bits per heavy atom. The molecule has 2 N–H and O–H groups in total. The molecule has 1 aromatic carbocycles. The fraction of sp³-hybridized carbons (Fsp3) is 0.458. The molecule has 0 radical (unpaired) electrons. The van der Waals surface area contributed by atoms with Crippen molar-refractivity contribution in [2.45, 2.75) is 50.4 Å². The van der Waals surface area contributed by atoms with Gasteiger partial charge in [0.05, 0.1) is 12.8 Å². The van der Waals surface area contributed by atoms with Crippen LogP contribution in [0.4, 0.5) is 0 Å². The van der Waals surface area contributed by atoms with Gasteiger partial charge in [0.1, 0.15) is 11.8 Å². The molecule has 2 aliphatic rings. The first-order valence-electron chi connectivity index (χ1n) is 10.6. The number of aromatic nitrogens is 2. The number of aromatic amines is 1. The Morgan fingerprint density at radius 3 is 2.80 bits per heavy atom. The van der Waals surface area contributed by atoms with Crippen molar-refractivity contribution in [3.05, 3.63) is 58.7 Å². The first-order valence-corrected chi connectivity index (χ1v) is 10.6. The molecule has 1 aliphatic heterocycles. The van der Waals surface area contributed by atoms with Gasteiger partial charge in [0.2, 0.25) is 5.78 Å². The lowest BCUT2D eigenvalue weighted by Gasteiger charge is -2.36. The van der Waals surface area contributed by atoms with Crippen molar-refractivity contribution >= 4 is 11.4 Å². The van der Waals surface area contributed by atoms with E-state index in [4.69, 9.17) is 10.00 Å². The number of hydrogen-bond donors (Lipinski definition) is 2. The molecule has 1 aromatic heterocycles. The third-order valence-electron chi connectivity index (χ3n) is 6.42. The number of benzene rings is 1. The number of rotatable bonds is 6. The molecule has 1 saturated heterocycles. The van der Waals surface area contributed by atoms with Crippen LogP contribution in [0.2, 0.25) is 0 Å². The number of ether oxygens (including phenoxy) is 1. The van der Waals surface area contributed by atoms with Gasteiger partial charge < -0.3 is 14.8 Å². The lowest BCUT2D eigenvalue weighted by molar-refractivity contribution is 0.0253. The van der Waals surface area contributed by atoms with Gasteiger partial charge >= 0.3 is 0 Å². The molecule has 4 rings (SSSR count). The van der Waals surface area contributed by atoms with E-state index < -0.39 is 0 Å². The van der Waals surface area contributed by atoms with Gasteiger partial charge in [-0.05, 0) is 60.8 Å². The molecule has 0 amide bonds. The summed E-state index contributed by atoms with van der Waals surface area (Å²) in [6.45, 7) is 1.40. The predicted molar refractivity (Wildman–Crippen MR) is 113 cm³/mol. The quantitative estimate of drug-likeness (QED) is 0.714. The Bertz CT molecular complexity index is 993. The molecule has 156 valence electrons. The number of nitrogens with zero attached hydrogens (tertiary/aromatic N) is 2. The minimum atomic E-state index is -0.284. The summed E-state index contributed by atoms with van der Waals surface area (Å²) in [4.78, 5) is 19.6. The summed E-state index contributed by atoms with van der Waals surface area (Å²) in [5, 5.41) is 19.2. The molecule has 1 aliphatic carbocycles. The van der Waals surface area contributed by atoms with Crippen molar-refractivity contribution in [3.63, 3.8) is 0 Å². The Labute approximate surface area is 176 Å². The van der Waals surface area contributed by atoms with E-state index in [1.54, 1.807) is 0 Å². The predicted octanol–water partition coefficient (Wildman–Crippen LogP) is 3.70. The van der Waals surface area contributed by atoms with E-state index in [0.29, 0.717) is 13.2 Å².